The molecule has 26 heavy (non-hydrogen) atoms. The van der Waals surface area contributed by atoms with E-state index in [9.17, 15) is 4.79 Å². The van der Waals surface area contributed by atoms with Gasteiger partial charge in [-0.25, -0.2) is 4.79 Å². The second-order valence-electron chi connectivity index (χ2n) is 6.33. The standard InChI is InChI=1S/C20H24BN2O3/c22-15-25-21-14-16-5-4-8-18(13-16)23-11-9-19(10-12-23)26-20(24)17-6-2-1-3-7-17/h1-8,13,19H,9-12,14-15,22H2. The highest BCUT2D eigenvalue weighted by molar-refractivity contribution is 6.26. The molecule has 1 fully saturated rings. The molecule has 0 aliphatic carbocycles. The Morgan fingerprint density at radius 3 is 2.62 bits per heavy atom. The SMILES string of the molecule is NCO[B]Cc1cccc(N2CCC(OC(=O)c3ccccc3)CC2)c1. The largest absolute Gasteiger partial charge is 0.459 e. The van der Waals surface area contributed by atoms with E-state index in [1.54, 1.807) is 19.6 Å². The van der Waals surface area contributed by atoms with E-state index < -0.39 is 0 Å². The summed E-state index contributed by atoms with van der Waals surface area (Å²) in [5.41, 5.74) is 8.32. The van der Waals surface area contributed by atoms with E-state index in [0.29, 0.717) is 5.56 Å². The zero-order valence-corrected chi connectivity index (χ0v) is 14.8. The van der Waals surface area contributed by atoms with Crippen LogP contribution in [0.1, 0.15) is 28.8 Å². The van der Waals surface area contributed by atoms with Crippen molar-refractivity contribution in [3.05, 3.63) is 65.7 Å². The third-order valence-electron chi connectivity index (χ3n) is 4.53. The molecule has 0 aromatic heterocycles. The molecular formula is C20H24BN2O3. The topological polar surface area (TPSA) is 64.8 Å². The van der Waals surface area contributed by atoms with Crippen LogP contribution in [0.2, 0.25) is 0 Å². The molecule has 1 aliphatic heterocycles. The highest BCUT2D eigenvalue weighted by atomic mass is 16.5. The molecule has 5 nitrogen and oxygen atoms in total. The fourth-order valence-corrected chi connectivity index (χ4v) is 3.13. The maximum atomic E-state index is 12.2. The molecule has 2 aromatic rings. The lowest BCUT2D eigenvalue weighted by Crippen LogP contribution is -2.38. The summed E-state index contributed by atoms with van der Waals surface area (Å²) < 4.78 is 10.8. The van der Waals surface area contributed by atoms with E-state index in [4.69, 9.17) is 15.1 Å². The van der Waals surface area contributed by atoms with Crippen molar-refractivity contribution in [2.45, 2.75) is 25.3 Å². The molecule has 2 aromatic carbocycles. The molecule has 0 unspecified atom stereocenters. The number of hydrogen-bond donors (Lipinski definition) is 1. The van der Waals surface area contributed by atoms with Crippen LogP contribution in [-0.2, 0) is 15.7 Å². The van der Waals surface area contributed by atoms with Gasteiger partial charge in [-0.1, -0.05) is 35.9 Å². The van der Waals surface area contributed by atoms with Gasteiger partial charge in [0.05, 0.1) is 12.3 Å². The Labute approximate surface area is 155 Å². The zero-order valence-electron chi connectivity index (χ0n) is 14.8. The summed E-state index contributed by atoms with van der Waals surface area (Å²) in [6.45, 7) is 1.95. The fourth-order valence-electron chi connectivity index (χ4n) is 3.13. The van der Waals surface area contributed by atoms with Crippen LogP contribution < -0.4 is 10.6 Å². The molecule has 0 spiro atoms. The Morgan fingerprint density at radius 2 is 1.88 bits per heavy atom. The van der Waals surface area contributed by atoms with Crippen molar-refractivity contribution in [2.75, 3.05) is 24.7 Å². The number of anilines is 1. The molecule has 0 amide bonds. The summed E-state index contributed by atoms with van der Waals surface area (Å²) >= 11 is 0. The Bertz CT molecular complexity index is 703. The number of benzene rings is 2. The number of esters is 1. The number of rotatable bonds is 7. The Hall–Kier alpha value is -2.31. The summed E-state index contributed by atoms with van der Waals surface area (Å²) in [5.74, 6) is -0.235. The van der Waals surface area contributed by atoms with Crippen LogP contribution in [-0.4, -0.2) is 39.4 Å². The number of carbonyl (C=O) groups excluding carboxylic acids is 1. The van der Waals surface area contributed by atoms with Crippen molar-refractivity contribution < 1.29 is 14.2 Å². The molecule has 1 heterocycles. The van der Waals surface area contributed by atoms with Crippen LogP contribution in [0, 0.1) is 0 Å². The summed E-state index contributed by atoms with van der Waals surface area (Å²) in [5, 5.41) is 0. The van der Waals surface area contributed by atoms with E-state index in [2.05, 4.69) is 29.2 Å². The lowest BCUT2D eigenvalue weighted by Gasteiger charge is -2.33. The molecule has 1 saturated heterocycles. The summed E-state index contributed by atoms with van der Waals surface area (Å²) in [6.07, 6.45) is 2.39. The first-order valence-electron chi connectivity index (χ1n) is 8.99. The Balaban J connectivity index is 1.50. The van der Waals surface area contributed by atoms with Gasteiger partial charge in [-0.15, -0.1) is 0 Å². The van der Waals surface area contributed by atoms with Crippen molar-refractivity contribution in [3.63, 3.8) is 0 Å². The van der Waals surface area contributed by atoms with Crippen molar-refractivity contribution in [1.29, 1.82) is 0 Å². The molecule has 0 bridgehead atoms. The van der Waals surface area contributed by atoms with Gasteiger partial charge in [0.1, 0.15) is 6.10 Å². The number of carbonyl (C=O) groups is 1. The van der Waals surface area contributed by atoms with Crippen LogP contribution in [0.15, 0.2) is 54.6 Å². The summed E-state index contributed by atoms with van der Waals surface area (Å²) in [4.78, 5) is 14.5. The van der Waals surface area contributed by atoms with Gasteiger partial charge in [-0.05, 0) is 30.6 Å². The Morgan fingerprint density at radius 1 is 1.12 bits per heavy atom. The van der Waals surface area contributed by atoms with E-state index in [1.165, 1.54) is 11.3 Å². The molecule has 1 radical (unpaired) electrons. The maximum Gasteiger partial charge on any atom is 0.338 e. The molecule has 2 N–H and O–H groups in total. The van der Waals surface area contributed by atoms with Gasteiger partial charge in [-0.3, -0.25) is 0 Å². The summed E-state index contributed by atoms with van der Waals surface area (Å²) in [7, 11) is 1.73. The molecule has 3 rings (SSSR count). The van der Waals surface area contributed by atoms with E-state index in [1.807, 2.05) is 18.2 Å². The normalized spacial score (nSPS) is 14.9. The summed E-state index contributed by atoms with van der Waals surface area (Å²) in [6, 6.07) is 17.6. The monoisotopic (exact) mass is 351 g/mol. The minimum Gasteiger partial charge on any atom is -0.459 e. The van der Waals surface area contributed by atoms with Crippen LogP contribution in [0.3, 0.4) is 0 Å². The van der Waals surface area contributed by atoms with Gasteiger partial charge < -0.3 is 20.0 Å². The van der Waals surface area contributed by atoms with Crippen molar-refractivity contribution in [1.82, 2.24) is 0 Å². The molecule has 0 saturated carbocycles. The minimum absolute atomic E-state index is 0.0200. The first-order valence-corrected chi connectivity index (χ1v) is 8.99. The number of piperidine rings is 1. The van der Waals surface area contributed by atoms with Crippen LogP contribution in [0.5, 0.6) is 0 Å². The van der Waals surface area contributed by atoms with Crippen molar-refractivity contribution >= 4 is 19.1 Å². The van der Waals surface area contributed by atoms with Gasteiger partial charge >= 0.3 is 5.97 Å². The first-order chi connectivity index (χ1) is 12.8. The average molecular weight is 351 g/mol. The van der Waals surface area contributed by atoms with Crippen molar-refractivity contribution in [3.8, 4) is 0 Å². The van der Waals surface area contributed by atoms with Crippen LogP contribution >= 0.6 is 0 Å². The molecule has 135 valence electrons. The quantitative estimate of drug-likeness (QED) is 0.360. The van der Waals surface area contributed by atoms with Crippen LogP contribution in [0.4, 0.5) is 5.69 Å². The van der Waals surface area contributed by atoms with E-state index in [0.717, 1.165) is 32.3 Å². The highest BCUT2D eigenvalue weighted by Gasteiger charge is 2.23. The molecule has 0 atom stereocenters. The second kappa shape index (κ2) is 9.41. The predicted molar refractivity (Wildman–Crippen MR) is 103 cm³/mol. The lowest BCUT2D eigenvalue weighted by atomic mass is 9.89. The average Bonchev–Trinajstić information content (AvgIpc) is 2.70. The smallest absolute Gasteiger partial charge is 0.338 e. The van der Waals surface area contributed by atoms with Gasteiger partial charge in [0, 0.05) is 31.6 Å². The number of nitrogens with two attached hydrogens (primary N) is 1. The lowest BCUT2D eigenvalue weighted by molar-refractivity contribution is 0.0245. The second-order valence-corrected chi connectivity index (χ2v) is 6.33. The molecule has 6 heteroatoms. The number of hydrogen-bond acceptors (Lipinski definition) is 5. The van der Waals surface area contributed by atoms with E-state index in [-0.39, 0.29) is 18.8 Å². The fraction of sp³-hybridized carbons (Fsp3) is 0.350. The van der Waals surface area contributed by atoms with Gasteiger partial charge in [0.2, 0.25) is 0 Å². The first kappa shape index (κ1) is 18.5. The van der Waals surface area contributed by atoms with E-state index >= 15 is 0 Å². The highest BCUT2D eigenvalue weighted by Crippen LogP contribution is 2.23. The third-order valence-corrected chi connectivity index (χ3v) is 4.53. The minimum atomic E-state index is -0.235. The predicted octanol–water partition coefficient (Wildman–Crippen LogP) is 2.56. The van der Waals surface area contributed by atoms with Gasteiger partial charge in [0.25, 0.3) is 7.48 Å². The van der Waals surface area contributed by atoms with Crippen molar-refractivity contribution in [2.24, 2.45) is 5.73 Å². The Kier molecular flexibility index (Phi) is 6.69. The zero-order chi connectivity index (χ0) is 18.2. The van der Waals surface area contributed by atoms with Crippen LogP contribution in [0.25, 0.3) is 0 Å². The third kappa shape index (κ3) is 5.10. The molecule has 1 aliphatic rings. The number of ether oxygens (including phenoxy) is 1. The maximum absolute atomic E-state index is 12.2. The number of nitrogens with zero attached hydrogens (tertiary/aromatic N) is 1. The van der Waals surface area contributed by atoms with Gasteiger partial charge in [-0.2, -0.15) is 0 Å². The molecular weight excluding hydrogens is 327 g/mol. The van der Waals surface area contributed by atoms with Gasteiger partial charge in [0.15, 0.2) is 0 Å².